The zero-order chi connectivity index (χ0) is 25.5. The highest BCUT2D eigenvalue weighted by atomic mass is 32.1. The summed E-state index contributed by atoms with van der Waals surface area (Å²) in [6.07, 6.45) is 0.214. The quantitative estimate of drug-likeness (QED) is 0.531. The third kappa shape index (κ3) is 6.04. The maximum atomic E-state index is 12.5. The van der Waals surface area contributed by atoms with Gasteiger partial charge in [0.15, 0.2) is 0 Å². The molecule has 2 heterocycles. The van der Waals surface area contributed by atoms with Gasteiger partial charge < -0.3 is 24.1 Å². The molecule has 0 saturated carbocycles. The van der Waals surface area contributed by atoms with E-state index < -0.39 is 30.0 Å². The number of ether oxygens (including phenoxy) is 2. The van der Waals surface area contributed by atoms with E-state index in [2.05, 4.69) is 24.1 Å². The molecule has 1 aromatic carbocycles. The first kappa shape index (κ1) is 26.8. The minimum absolute atomic E-state index is 0.213. The number of nitrogens with zero attached hydrogens (tertiary/aromatic N) is 1. The Balaban J connectivity index is 1.81. The Morgan fingerprint density at radius 1 is 1.15 bits per heavy atom. The van der Waals surface area contributed by atoms with Crippen molar-refractivity contribution in [1.29, 1.82) is 0 Å². The summed E-state index contributed by atoms with van der Waals surface area (Å²) in [4.78, 5) is 17.1. The van der Waals surface area contributed by atoms with Gasteiger partial charge in [-0.1, -0.05) is 19.9 Å². The second-order valence-corrected chi connectivity index (χ2v) is 12.7. The summed E-state index contributed by atoms with van der Waals surface area (Å²) in [5, 5.41) is 2.87. The van der Waals surface area contributed by atoms with Crippen LogP contribution in [0.3, 0.4) is 0 Å². The standard InChI is InChI=1S/C25H39BN2O5S/c1-16(2)13-25(10,31-21(29)28-22(3,4)5)14-30-18-12-11-17(20-19(18)27-15-34-20)26-32-23(6,7)24(8,9)33-26/h11-12,15-16H,13-14H2,1-10H3,(H,28,29)/t25-/m0/s1. The van der Waals surface area contributed by atoms with Crippen LogP contribution in [0.25, 0.3) is 10.2 Å². The van der Waals surface area contributed by atoms with Gasteiger partial charge in [0.1, 0.15) is 23.5 Å². The van der Waals surface area contributed by atoms with Crippen LogP contribution in [0.4, 0.5) is 4.79 Å². The number of nitrogens with one attached hydrogen (secondary N) is 1. The number of thiazole rings is 1. The number of amides is 1. The van der Waals surface area contributed by atoms with Crippen molar-refractivity contribution < 1.29 is 23.6 Å². The molecule has 3 rings (SSSR count). The molecule has 0 spiro atoms. The highest BCUT2D eigenvalue weighted by Crippen LogP contribution is 2.38. The van der Waals surface area contributed by atoms with E-state index in [-0.39, 0.29) is 12.1 Å². The van der Waals surface area contributed by atoms with E-state index in [1.807, 2.05) is 67.5 Å². The zero-order valence-corrected chi connectivity index (χ0v) is 23.0. The van der Waals surface area contributed by atoms with Gasteiger partial charge in [-0.15, -0.1) is 11.3 Å². The van der Waals surface area contributed by atoms with Crippen molar-refractivity contribution >= 4 is 40.2 Å². The lowest BCUT2D eigenvalue weighted by Gasteiger charge is -2.32. The van der Waals surface area contributed by atoms with Crippen LogP contribution in [0.5, 0.6) is 5.75 Å². The van der Waals surface area contributed by atoms with Gasteiger partial charge in [0, 0.05) is 11.0 Å². The highest BCUT2D eigenvalue weighted by molar-refractivity contribution is 7.18. The molecule has 34 heavy (non-hydrogen) atoms. The molecule has 1 atom stereocenters. The van der Waals surface area contributed by atoms with Crippen LogP contribution in [-0.4, -0.2) is 47.1 Å². The fraction of sp³-hybridized carbons (Fsp3) is 0.680. The van der Waals surface area contributed by atoms with E-state index in [1.54, 1.807) is 5.51 Å². The van der Waals surface area contributed by atoms with Crippen LogP contribution in [0.1, 0.15) is 75.7 Å². The van der Waals surface area contributed by atoms with Crippen LogP contribution < -0.4 is 15.5 Å². The molecule has 2 aromatic rings. The second kappa shape index (κ2) is 9.32. The third-order valence-electron chi connectivity index (χ3n) is 6.17. The van der Waals surface area contributed by atoms with Crippen LogP contribution >= 0.6 is 11.3 Å². The fourth-order valence-electron chi connectivity index (χ4n) is 4.00. The van der Waals surface area contributed by atoms with Crippen LogP contribution in [-0.2, 0) is 14.0 Å². The predicted octanol–water partition coefficient (Wildman–Crippen LogP) is 5.30. The van der Waals surface area contributed by atoms with Gasteiger partial charge in [0.2, 0.25) is 0 Å². The van der Waals surface area contributed by atoms with Gasteiger partial charge in [0.05, 0.1) is 21.4 Å². The fourth-order valence-corrected chi connectivity index (χ4v) is 4.83. The number of aromatic nitrogens is 1. The van der Waals surface area contributed by atoms with Crippen molar-refractivity contribution in [2.24, 2.45) is 5.92 Å². The summed E-state index contributed by atoms with van der Waals surface area (Å²) < 4.78 is 25.6. The monoisotopic (exact) mass is 490 g/mol. The maximum absolute atomic E-state index is 12.5. The number of alkyl carbamates (subject to hydrolysis) is 1. The lowest BCUT2D eigenvalue weighted by molar-refractivity contribution is -0.0247. The van der Waals surface area contributed by atoms with Crippen molar-refractivity contribution in [3.05, 3.63) is 17.6 Å². The highest BCUT2D eigenvalue weighted by Gasteiger charge is 2.52. The van der Waals surface area contributed by atoms with Crippen LogP contribution in [0, 0.1) is 5.92 Å². The first-order valence-corrected chi connectivity index (χ1v) is 12.8. The van der Waals surface area contributed by atoms with Crippen molar-refractivity contribution in [3.63, 3.8) is 0 Å². The Morgan fingerprint density at radius 3 is 2.32 bits per heavy atom. The predicted molar refractivity (Wildman–Crippen MR) is 138 cm³/mol. The van der Waals surface area contributed by atoms with E-state index in [1.165, 1.54) is 11.3 Å². The Bertz CT molecular complexity index is 1010. The summed E-state index contributed by atoms with van der Waals surface area (Å²) in [6.45, 7) is 20.3. The molecule has 0 aliphatic carbocycles. The SMILES string of the molecule is CC(C)C[C@@](C)(COc1ccc(B2OC(C)(C)C(C)(C)O2)c2scnc12)OC(=O)NC(C)(C)C. The number of fused-ring (bicyclic) bond motifs is 1. The summed E-state index contributed by atoms with van der Waals surface area (Å²) in [5.74, 6) is 0.965. The molecule has 0 bridgehead atoms. The summed E-state index contributed by atoms with van der Waals surface area (Å²) in [6, 6.07) is 3.87. The summed E-state index contributed by atoms with van der Waals surface area (Å²) in [5.41, 5.74) is 1.47. The van der Waals surface area contributed by atoms with Crippen LogP contribution in [0.15, 0.2) is 17.6 Å². The maximum Gasteiger partial charge on any atom is 0.496 e. The molecule has 1 saturated heterocycles. The lowest BCUT2D eigenvalue weighted by Crippen LogP contribution is -2.47. The number of carbonyl (C=O) groups excluding carboxylic acids is 1. The number of carbonyl (C=O) groups is 1. The molecule has 9 heteroatoms. The van der Waals surface area contributed by atoms with Crippen molar-refractivity contribution in [2.75, 3.05) is 6.61 Å². The number of benzene rings is 1. The summed E-state index contributed by atoms with van der Waals surface area (Å²) in [7, 11) is -0.474. The van der Waals surface area contributed by atoms with Gasteiger partial charge in [-0.2, -0.15) is 0 Å². The smallest absolute Gasteiger partial charge is 0.487 e. The minimum atomic E-state index is -0.795. The average Bonchev–Trinajstić information content (AvgIpc) is 3.19. The molecular formula is C25H39BN2O5S. The van der Waals surface area contributed by atoms with Crippen molar-refractivity contribution in [3.8, 4) is 5.75 Å². The van der Waals surface area contributed by atoms with E-state index >= 15 is 0 Å². The molecule has 7 nitrogen and oxygen atoms in total. The topological polar surface area (TPSA) is 78.9 Å². The van der Waals surface area contributed by atoms with Gasteiger partial charge >= 0.3 is 13.2 Å². The van der Waals surface area contributed by atoms with Gasteiger partial charge in [0.25, 0.3) is 0 Å². The lowest BCUT2D eigenvalue weighted by atomic mass is 9.79. The molecule has 1 aromatic heterocycles. The number of rotatable bonds is 7. The first-order valence-electron chi connectivity index (χ1n) is 11.9. The molecular weight excluding hydrogens is 451 g/mol. The van der Waals surface area contributed by atoms with E-state index in [0.29, 0.717) is 18.1 Å². The van der Waals surface area contributed by atoms with Crippen LogP contribution in [0.2, 0.25) is 0 Å². The molecule has 0 unspecified atom stereocenters. The number of hydrogen-bond donors (Lipinski definition) is 1. The molecule has 1 aliphatic rings. The Labute approximate surface area is 208 Å². The zero-order valence-electron chi connectivity index (χ0n) is 22.2. The minimum Gasteiger partial charge on any atom is -0.487 e. The first-order chi connectivity index (χ1) is 15.5. The van der Waals surface area contributed by atoms with Crippen molar-refractivity contribution in [1.82, 2.24) is 10.3 Å². The van der Waals surface area contributed by atoms with Gasteiger partial charge in [-0.25, -0.2) is 9.78 Å². The second-order valence-electron chi connectivity index (χ2n) is 11.9. The molecule has 188 valence electrons. The Kier molecular flexibility index (Phi) is 7.34. The Morgan fingerprint density at radius 2 is 1.76 bits per heavy atom. The number of hydrogen-bond acceptors (Lipinski definition) is 7. The third-order valence-corrected chi connectivity index (χ3v) is 7.05. The molecule has 1 fully saturated rings. The van der Waals surface area contributed by atoms with E-state index in [4.69, 9.17) is 18.8 Å². The Hall–Kier alpha value is -1.84. The molecule has 1 amide bonds. The van der Waals surface area contributed by atoms with E-state index in [0.717, 1.165) is 15.7 Å². The molecule has 0 radical (unpaired) electrons. The van der Waals surface area contributed by atoms with E-state index in [9.17, 15) is 4.79 Å². The molecule has 1 aliphatic heterocycles. The molecule has 1 N–H and O–H groups in total. The largest absolute Gasteiger partial charge is 0.496 e. The normalized spacial score (nSPS) is 19.3. The van der Waals surface area contributed by atoms with Gasteiger partial charge in [-0.05, 0) is 73.8 Å². The van der Waals surface area contributed by atoms with Crippen molar-refractivity contribution in [2.45, 2.75) is 98.0 Å². The average molecular weight is 490 g/mol. The van der Waals surface area contributed by atoms with Gasteiger partial charge in [-0.3, -0.25) is 0 Å². The summed E-state index contributed by atoms with van der Waals surface area (Å²) >= 11 is 1.53.